The Hall–Kier alpha value is -2.77. The minimum absolute atomic E-state index is 0.0213. The summed E-state index contributed by atoms with van der Waals surface area (Å²) in [7, 11) is 0. The maximum atomic E-state index is 13.1. The van der Waals surface area contributed by atoms with Gasteiger partial charge in [0.1, 0.15) is 11.6 Å². The lowest BCUT2D eigenvalue weighted by molar-refractivity contribution is -0.119. The average molecular weight is 402 g/mol. The monoisotopic (exact) mass is 402 g/mol. The number of hydrogen-bond donors (Lipinski definition) is 2. The smallest absolute Gasteiger partial charge is 0.330 e. The van der Waals surface area contributed by atoms with Crippen molar-refractivity contribution in [3.05, 3.63) is 45.0 Å². The number of aromatic nitrogens is 2. The van der Waals surface area contributed by atoms with Gasteiger partial charge in [-0.1, -0.05) is 39.0 Å². The molecule has 3 N–H and O–H groups in total. The zero-order valence-electron chi connectivity index (χ0n) is 17.0. The standard InChI is InChI=1S/C21H30N4O4/c1-2-3-12-24-19(22)18(20(27)23-21(24)28)25(14-16-9-6-13-29-16)17(26)11-10-15-7-4-5-8-15/h6,9,13,15H,2-5,7-8,10-12,14,22H2,1H3,(H,23,27,28). The Balaban J connectivity index is 1.93. The number of anilines is 2. The van der Waals surface area contributed by atoms with Crippen LogP contribution in [0.1, 0.15) is 64.1 Å². The number of amides is 1. The summed E-state index contributed by atoms with van der Waals surface area (Å²) in [4.78, 5) is 41.7. The molecule has 8 nitrogen and oxygen atoms in total. The molecule has 1 saturated carbocycles. The van der Waals surface area contributed by atoms with E-state index in [-0.39, 0.29) is 24.0 Å². The van der Waals surface area contributed by atoms with Crippen LogP contribution in [0.15, 0.2) is 32.4 Å². The van der Waals surface area contributed by atoms with E-state index in [9.17, 15) is 14.4 Å². The zero-order valence-corrected chi connectivity index (χ0v) is 17.0. The van der Waals surface area contributed by atoms with E-state index < -0.39 is 11.2 Å². The second-order valence-electron chi connectivity index (χ2n) is 7.75. The van der Waals surface area contributed by atoms with Crippen molar-refractivity contribution in [1.29, 1.82) is 0 Å². The molecule has 158 valence electrons. The van der Waals surface area contributed by atoms with Crippen LogP contribution in [-0.4, -0.2) is 15.5 Å². The van der Waals surface area contributed by atoms with Crippen LogP contribution in [0.2, 0.25) is 0 Å². The first-order valence-corrected chi connectivity index (χ1v) is 10.5. The lowest BCUT2D eigenvalue weighted by atomic mass is 10.0. The Morgan fingerprint density at radius 1 is 1.34 bits per heavy atom. The number of nitrogen functional groups attached to an aromatic ring is 1. The molecular formula is C21H30N4O4. The van der Waals surface area contributed by atoms with Crippen LogP contribution in [-0.2, 0) is 17.9 Å². The molecule has 0 unspecified atom stereocenters. The van der Waals surface area contributed by atoms with E-state index in [1.54, 1.807) is 12.1 Å². The minimum Gasteiger partial charge on any atom is -0.467 e. The summed E-state index contributed by atoms with van der Waals surface area (Å²) in [6.07, 6.45) is 8.98. The van der Waals surface area contributed by atoms with Gasteiger partial charge in [0.05, 0.1) is 12.8 Å². The van der Waals surface area contributed by atoms with Crippen molar-refractivity contribution in [2.75, 3.05) is 10.6 Å². The normalized spacial score (nSPS) is 14.4. The number of nitrogens with two attached hydrogens (primary N) is 1. The average Bonchev–Trinajstić information content (AvgIpc) is 3.39. The van der Waals surface area contributed by atoms with Gasteiger partial charge in [-0.15, -0.1) is 0 Å². The predicted molar refractivity (Wildman–Crippen MR) is 112 cm³/mol. The largest absolute Gasteiger partial charge is 0.467 e. The van der Waals surface area contributed by atoms with E-state index >= 15 is 0 Å². The lowest BCUT2D eigenvalue weighted by Crippen LogP contribution is -2.41. The van der Waals surface area contributed by atoms with Gasteiger partial charge in [0.15, 0.2) is 5.69 Å². The molecule has 3 rings (SSSR count). The number of rotatable bonds is 9. The molecule has 1 aliphatic carbocycles. The van der Waals surface area contributed by atoms with Crippen molar-refractivity contribution in [3.63, 3.8) is 0 Å². The maximum Gasteiger partial charge on any atom is 0.330 e. The van der Waals surface area contributed by atoms with Crippen molar-refractivity contribution in [3.8, 4) is 0 Å². The molecule has 0 radical (unpaired) electrons. The molecule has 0 saturated heterocycles. The number of unbranched alkanes of at least 4 members (excludes halogenated alkanes) is 1. The fourth-order valence-electron chi connectivity index (χ4n) is 3.99. The highest BCUT2D eigenvalue weighted by Gasteiger charge is 2.26. The zero-order chi connectivity index (χ0) is 20.8. The quantitative estimate of drug-likeness (QED) is 0.669. The van der Waals surface area contributed by atoms with Crippen LogP contribution in [0.3, 0.4) is 0 Å². The first-order valence-electron chi connectivity index (χ1n) is 10.5. The molecule has 0 bridgehead atoms. The Morgan fingerprint density at radius 2 is 2.10 bits per heavy atom. The lowest BCUT2D eigenvalue weighted by Gasteiger charge is -2.24. The molecule has 2 aromatic heterocycles. The van der Waals surface area contributed by atoms with E-state index in [2.05, 4.69) is 4.98 Å². The topological polar surface area (TPSA) is 114 Å². The molecule has 0 spiro atoms. The van der Waals surface area contributed by atoms with Gasteiger partial charge in [-0.2, -0.15) is 0 Å². The Bertz CT molecular complexity index is 923. The number of carbonyl (C=O) groups excluding carboxylic acids is 1. The minimum atomic E-state index is -0.652. The molecule has 1 aliphatic rings. The van der Waals surface area contributed by atoms with Gasteiger partial charge in [0.2, 0.25) is 5.91 Å². The maximum absolute atomic E-state index is 13.1. The Kier molecular flexibility index (Phi) is 6.95. The second-order valence-corrected chi connectivity index (χ2v) is 7.75. The van der Waals surface area contributed by atoms with E-state index in [4.69, 9.17) is 10.2 Å². The van der Waals surface area contributed by atoms with Gasteiger partial charge < -0.3 is 10.2 Å². The molecule has 1 amide bonds. The molecule has 29 heavy (non-hydrogen) atoms. The van der Waals surface area contributed by atoms with Gasteiger partial charge in [-0.25, -0.2) is 4.79 Å². The van der Waals surface area contributed by atoms with E-state index in [0.717, 1.165) is 32.1 Å². The Labute approximate surface area is 169 Å². The predicted octanol–water partition coefficient (Wildman–Crippen LogP) is 3.02. The van der Waals surface area contributed by atoms with Gasteiger partial charge in [0, 0.05) is 13.0 Å². The van der Waals surface area contributed by atoms with Crippen molar-refractivity contribution in [2.45, 2.75) is 71.4 Å². The number of nitrogens with zero attached hydrogens (tertiary/aromatic N) is 2. The second kappa shape index (κ2) is 9.62. The van der Waals surface area contributed by atoms with Crippen molar-refractivity contribution >= 4 is 17.4 Å². The summed E-state index contributed by atoms with van der Waals surface area (Å²) in [6, 6.07) is 3.47. The van der Waals surface area contributed by atoms with Gasteiger partial charge in [-0.3, -0.25) is 24.0 Å². The number of furan rings is 1. The molecule has 0 atom stereocenters. The van der Waals surface area contributed by atoms with Crippen LogP contribution >= 0.6 is 0 Å². The van der Waals surface area contributed by atoms with Crippen LogP contribution < -0.4 is 21.9 Å². The summed E-state index contributed by atoms with van der Waals surface area (Å²) in [5.41, 5.74) is 5.05. The van der Waals surface area contributed by atoms with Crippen molar-refractivity contribution < 1.29 is 9.21 Å². The molecule has 0 aliphatic heterocycles. The number of aromatic amines is 1. The van der Waals surface area contributed by atoms with E-state index in [1.165, 1.54) is 28.6 Å². The van der Waals surface area contributed by atoms with Crippen molar-refractivity contribution in [2.24, 2.45) is 5.92 Å². The highest BCUT2D eigenvalue weighted by molar-refractivity contribution is 5.95. The third-order valence-corrected chi connectivity index (χ3v) is 5.66. The number of hydrogen-bond acceptors (Lipinski definition) is 5. The fraction of sp³-hybridized carbons (Fsp3) is 0.571. The number of H-pyrrole nitrogens is 1. The highest BCUT2D eigenvalue weighted by atomic mass is 16.3. The third-order valence-electron chi connectivity index (χ3n) is 5.66. The third kappa shape index (κ3) is 4.99. The summed E-state index contributed by atoms with van der Waals surface area (Å²) >= 11 is 0. The van der Waals surface area contributed by atoms with E-state index in [0.29, 0.717) is 24.6 Å². The first kappa shape index (κ1) is 21.0. The molecular weight excluding hydrogens is 372 g/mol. The molecule has 0 aromatic carbocycles. The highest BCUT2D eigenvalue weighted by Crippen LogP contribution is 2.29. The Morgan fingerprint density at radius 3 is 2.76 bits per heavy atom. The molecule has 2 heterocycles. The number of nitrogens with one attached hydrogen (secondary N) is 1. The van der Waals surface area contributed by atoms with Crippen LogP contribution in [0.25, 0.3) is 0 Å². The molecule has 8 heteroatoms. The number of carbonyl (C=O) groups is 1. The SMILES string of the molecule is CCCCn1c(N)c(N(Cc2ccco2)C(=O)CCC2CCCC2)c(=O)[nH]c1=O. The van der Waals surface area contributed by atoms with Crippen LogP contribution in [0.5, 0.6) is 0 Å². The van der Waals surface area contributed by atoms with Gasteiger partial charge in [0.25, 0.3) is 5.56 Å². The summed E-state index contributed by atoms with van der Waals surface area (Å²) in [6.45, 7) is 2.48. The summed E-state index contributed by atoms with van der Waals surface area (Å²) in [5, 5.41) is 0. The van der Waals surface area contributed by atoms with Crippen LogP contribution in [0, 0.1) is 5.92 Å². The van der Waals surface area contributed by atoms with Crippen LogP contribution in [0.4, 0.5) is 11.5 Å². The van der Waals surface area contributed by atoms with Gasteiger partial charge >= 0.3 is 5.69 Å². The molecule has 2 aromatic rings. The van der Waals surface area contributed by atoms with Gasteiger partial charge in [-0.05, 0) is 30.9 Å². The molecule has 1 fully saturated rings. The summed E-state index contributed by atoms with van der Waals surface area (Å²) in [5.74, 6) is 0.932. The first-order chi connectivity index (χ1) is 14.0. The summed E-state index contributed by atoms with van der Waals surface area (Å²) < 4.78 is 6.73. The van der Waals surface area contributed by atoms with Crippen molar-refractivity contribution in [1.82, 2.24) is 9.55 Å². The fourth-order valence-corrected chi connectivity index (χ4v) is 3.99. The van der Waals surface area contributed by atoms with E-state index in [1.807, 2.05) is 6.92 Å².